The normalized spacial score (nSPS) is 13.9. The Morgan fingerprint density at radius 1 is 0.221 bits per heavy atom. The van der Waals surface area contributed by atoms with Gasteiger partial charge in [0.15, 0.2) is 0 Å². The summed E-state index contributed by atoms with van der Waals surface area (Å²) in [6.45, 7) is 0. The summed E-state index contributed by atoms with van der Waals surface area (Å²) in [6.07, 6.45) is 0. The van der Waals surface area contributed by atoms with Gasteiger partial charge in [-0.2, -0.15) is 0 Å². The van der Waals surface area contributed by atoms with Gasteiger partial charge in [0.05, 0.1) is 10.8 Å². The van der Waals surface area contributed by atoms with Crippen molar-refractivity contribution in [2.75, 3.05) is 4.90 Å². The lowest BCUT2D eigenvalue weighted by molar-refractivity contribution is 0.436. The first-order chi connectivity index (χ1) is 38.2. The molecule has 0 fully saturated rings. The van der Waals surface area contributed by atoms with Gasteiger partial charge in [-0.25, -0.2) is 0 Å². The minimum absolute atomic E-state index is 0.563. The van der Waals surface area contributed by atoms with Crippen LogP contribution < -0.4 is 14.4 Å². The smallest absolute Gasteiger partial charge is 0.132 e. The number of hydrogen-bond acceptors (Lipinski definition) is 3. The Bertz CT molecular complexity index is 4290. The van der Waals surface area contributed by atoms with Gasteiger partial charge in [-0.3, -0.25) is 0 Å². The third kappa shape index (κ3) is 6.20. The number of benzene rings is 12. The second-order valence-corrected chi connectivity index (χ2v) is 20.6. The number of para-hydroxylation sites is 4. The summed E-state index contributed by atoms with van der Waals surface area (Å²) in [6, 6.07) is 104. The van der Waals surface area contributed by atoms with Gasteiger partial charge in [-0.05, 0) is 145 Å². The van der Waals surface area contributed by atoms with Crippen LogP contribution in [0, 0.1) is 0 Å². The molecule has 0 saturated heterocycles. The zero-order valence-corrected chi connectivity index (χ0v) is 41.9. The molecule has 0 amide bonds. The molecule has 0 radical (unpaired) electrons. The number of ether oxygens (including phenoxy) is 2. The molecule has 0 aromatic heterocycles. The van der Waals surface area contributed by atoms with Crippen LogP contribution in [0.15, 0.2) is 285 Å². The van der Waals surface area contributed by atoms with E-state index in [-0.39, 0.29) is 0 Å². The standard InChI is InChI=1S/C74H47NO2/c1-2-20-48(21-3-1)49-22-16-25-53(44-49)75(54-26-17-23-50(45-54)51-42-43-58-57-28-4-6-31-60(57)74(67(58)47-51)64-35-10-14-40-70(64)77-71-41-15-11-36-65(71)74)55-27-18-24-52(46-55)56-30-19-37-66-72(56)59-29-5-7-32-61(59)73(66)62-33-8-12-38-68(62)76-69-39-13-9-34-63(69)73/h1-47H. The van der Waals surface area contributed by atoms with Crippen LogP contribution in [0.4, 0.5) is 17.1 Å². The van der Waals surface area contributed by atoms with Crippen molar-refractivity contribution in [3.8, 4) is 78.6 Å². The quantitative estimate of drug-likeness (QED) is 0.166. The summed E-state index contributed by atoms with van der Waals surface area (Å²) in [5.74, 6) is 3.56. The van der Waals surface area contributed by atoms with Crippen molar-refractivity contribution in [2.24, 2.45) is 0 Å². The fourth-order valence-electron chi connectivity index (χ4n) is 13.7. The highest BCUT2D eigenvalue weighted by Gasteiger charge is 2.53. The van der Waals surface area contributed by atoms with Crippen molar-refractivity contribution >= 4 is 17.1 Å². The second-order valence-electron chi connectivity index (χ2n) is 20.6. The first-order valence-electron chi connectivity index (χ1n) is 26.6. The highest BCUT2D eigenvalue weighted by Crippen LogP contribution is 2.65. The second kappa shape index (κ2) is 16.8. The molecular formula is C74H47NO2. The molecule has 2 heterocycles. The van der Waals surface area contributed by atoms with Crippen LogP contribution in [0.3, 0.4) is 0 Å². The molecular weight excluding hydrogens is 935 g/mol. The Kier molecular flexibility index (Phi) is 9.47. The number of rotatable bonds is 6. The van der Waals surface area contributed by atoms with Crippen LogP contribution in [0.2, 0.25) is 0 Å². The Labute approximate surface area is 448 Å². The monoisotopic (exact) mass is 981 g/mol. The molecule has 77 heavy (non-hydrogen) atoms. The van der Waals surface area contributed by atoms with Gasteiger partial charge in [0, 0.05) is 39.3 Å². The lowest BCUT2D eigenvalue weighted by Gasteiger charge is -2.39. The summed E-state index contributed by atoms with van der Waals surface area (Å²) in [4.78, 5) is 2.43. The third-order valence-corrected chi connectivity index (χ3v) is 16.8. The van der Waals surface area contributed by atoms with Gasteiger partial charge in [0.2, 0.25) is 0 Å². The molecule has 3 nitrogen and oxygen atoms in total. The van der Waals surface area contributed by atoms with Gasteiger partial charge in [0.25, 0.3) is 0 Å². The predicted molar refractivity (Wildman–Crippen MR) is 312 cm³/mol. The van der Waals surface area contributed by atoms with Crippen LogP contribution >= 0.6 is 0 Å². The van der Waals surface area contributed by atoms with E-state index in [4.69, 9.17) is 9.47 Å². The van der Waals surface area contributed by atoms with E-state index in [0.29, 0.717) is 0 Å². The van der Waals surface area contributed by atoms with Gasteiger partial charge in [0.1, 0.15) is 23.0 Å². The van der Waals surface area contributed by atoms with E-state index < -0.39 is 10.8 Å². The van der Waals surface area contributed by atoms with Crippen LogP contribution in [-0.2, 0) is 10.8 Å². The molecule has 0 unspecified atom stereocenters. The highest BCUT2D eigenvalue weighted by atomic mass is 16.5. The zero-order valence-electron chi connectivity index (χ0n) is 41.9. The summed E-state index contributed by atoms with van der Waals surface area (Å²) >= 11 is 0. The Morgan fingerprint density at radius 2 is 0.584 bits per heavy atom. The maximum Gasteiger partial charge on any atom is 0.132 e. The Balaban J connectivity index is 0.876. The summed E-state index contributed by atoms with van der Waals surface area (Å²) in [5, 5.41) is 0. The van der Waals surface area contributed by atoms with Gasteiger partial charge >= 0.3 is 0 Å². The van der Waals surface area contributed by atoms with Crippen molar-refractivity contribution in [3.05, 3.63) is 330 Å². The molecule has 16 rings (SSSR count). The van der Waals surface area contributed by atoms with Crippen LogP contribution in [0.5, 0.6) is 23.0 Å². The molecule has 360 valence electrons. The van der Waals surface area contributed by atoms with E-state index in [1.165, 1.54) is 55.6 Å². The Hall–Kier alpha value is -9.96. The van der Waals surface area contributed by atoms with Gasteiger partial charge in [-0.15, -0.1) is 0 Å². The van der Waals surface area contributed by atoms with E-state index in [1.807, 2.05) is 0 Å². The third-order valence-electron chi connectivity index (χ3n) is 16.8. The lowest BCUT2D eigenvalue weighted by atomic mass is 9.66. The van der Waals surface area contributed by atoms with Crippen molar-refractivity contribution in [1.29, 1.82) is 0 Å². The van der Waals surface area contributed by atoms with E-state index in [9.17, 15) is 0 Å². The molecule has 12 aromatic carbocycles. The fourth-order valence-corrected chi connectivity index (χ4v) is 13.7. The summed E-state index contributed by atoms with van der Waals surface area (Å²) < 4.78 is 13.4. The number of nitrogens with zero attached hydrogens (tertiary/aromatic N) is 1. The van der Waals surface area contributed by atoms with Gasteiger partial charge < -0.3 is 14.4 Å². The number of fused-ring (bicyclic) bond motifs is 18. The van der Waals surface area contributed by atoms with Gasteiger partial charge in [-0.1, -0.05) is 218 Å². The molecule has 4 aliphatic rings. The van der Waals surface area contributed by atoms with Crippen LogP contribution in [-0.4, -0.2) is 0 Å². The average molecular weight is 982 g/mol. The van der Waals surface area contributed by atoms with Crippen molar-refractivity contribution in [2.45, 2.75) is 10.8 Å². The topological polar surface area (TPSA) is 21.7 Å². The van der Waals surface area contributed by atoms with Crippen molar-refractivity contribution in [3.63, 3.8) is 0 Å². The molecule has 0 atom stereocenters. The molecule has 0 bridgehead atoms. The zero-order chi connectivity index (χ0) is 50.7. The molecule has 0 saturated carbocycles. The van der Waals surface area contributed by atoms with Crippen molar-refractivity contribution in [1.82, 2.24) is 0 Å². The Morgan fingerprint density at radius 3 is 1.16 bits per heavy atom. The molecule has 0 N–H and O–H groups in total. The van der Waals surface area contributed by atoms with E-state index in [0.717, 1.165) is 84.6 Å². The predicted octanol–water partition coefficient (Wildman–Crippen LogP) is 19.1. The lowest BCUT2D eigenvalue weighted by Crippen LogP contribution is -2.32. The molecule has 3 heteroatoms. The van der Waals surface area contributed by atoms with E-state index >= 15 is 0 Å². The minimum atomic E-state index is -0.565. The SMILES string of the molecule is c1ccc(-c2cccc(N(c3cccc(-c4ccc5c(c4)C4(c6ccccc6Oc6ccccc64)c4ccccc4-5)c3)c3cccc(-c4cccc5c4-c4ccccc4C54c5ccccc5Oc5ccccc54)c3)c2)cc1. The highest BCUT2D eigenvalue weighted by molar-refractivity contribution is 5.98. The van der Waals surface area contributed by atoms with E-state index in [1.54, 1.807) is 0 Å². The number of hydrogen-bond donors (Lipinski definition) is 0. The molecule has 2 aliphatic carbocycles. The maximum atomic E-state index is 6.69. The molecule has 2 spiro atoms. The van der Waals surface area contributed by atoms with E-state index in [2.05, 4.69) is 290 Å². The van der Waals surface area contributed by atoms with Crippen LogP contribution in [0.1, 0.15) is 44.5 Å². The first-order valence-corrected chi connectivity index (χ1v) is 26.6. The average Bonchev–Trinajstić information content (AvgIpc) is 3.97. The minimum Gasteiger partial charge on any atom is -0.457 e. The first kappa shape index (κ1) is 43.4. The largest absolute Gasteiger partial charge is 0.457 e. The summed E-state index contributed by atoms with van der Waals surface area (Å²) in [5.41, 5.74) is 23.7. The maximum absolute atomic E-state index is 6.69. The van der Waals surface area contributed by atoms with Crippen LogP contribution in [0.25, 0.3) is 55.6 Å². The summed E-state index contributed by atoms with van der Waals surface area (Å²) in [7, 11) is 0. The number of anilines is 3. The van der Waals surface area contributed by atoms with Crippen molar-refractivity contribution < 1.29 is 9.47 Å². The molecule has 12 aromatic rings. The molecule has 2 aliphatic heterocycles. The fraction of sp³-hybridized carbons (Fsp3) is 0.0270.